The second kappa shape index (κ2) is 6.30. The molecule has 1 amide bonds. The van der Waals surface area contributed by atoms with Crippen molar-refractivity contribution < 1.29 is 19.7 Å². The van der Waals surface area contributed by atoms with E-state index >= 15 is 0 Å². The molecule has 0 saturated carbocycles. The summed E-state index contributed by atoms with van der Waals surface area (Å²) in [7, 11) is 0. The topological polar surface area (TPSA) is 70.0 Å². The summed E-state index contributed by atoms with van der Waals surface area (Å²) in [6, 6.07) is 12.5. The Morgan fingerprint density at radius 1 is 1.22 bits per heavy atom. The van der Waals surface area contributed by atoms with Gasteiger partial charge in [0.05, 0.1) is 12.3 Å². The largest absolute Gasteiger partial charge is 0.508 e. The molecule has 23 heavy (non-hydrogen) atoms. The minimum atomic E-state index is -0.669. The lowest BCUT2D eigenvalue weighted by atomic mass is 10.0. The Bertz CT molecular complexity index is 729. The fourth-order valence-corrected chi connectivity index (χ4v) is 2.83. The summed E-state index contributed by atoms with van der Waals surface area (Å²) in [6.07, 6.45) is -0.227. The van der Waals surface area contributed by atoms with Crippen LogP contribution in [0.4, 0.5) is 5.69 Å². The molecule has 5 nitrogen and oxygen atoms in total. The number of benzene rings is 2. The Hall–Kier alpha value is -2.53. The van der Waals surface area contributed by atoms with Crippen LogP contribution in [0.15, 0.2) is 42.5 Å². The number of hydrogen-bond donors (Lipinski definition) is 2. The maximum absolute atomic E-state index is 12.7. The molecule has 1 atom stereocenters. The van der Waals surface area contributed by atoms with Crippen molar-refractivity contribution in [2.24, 2.45) is 0 Å². The van der Waals surface area contributed by atoms with E-state index in [-0.39, 0.29) is 24.8 Å². The van der Waals surface area contributed by atoms with Gasteiger partial charge in [0.25, 0.3) is 5.91 Å². The number of hydrogen-bond acceptors (Lipinski definition) is 4. The highest BCUT2D eigenvalue weighted by molar-refractivity contribution is 6.00. The number of carbonyl (C=O) groups is 1. The number of aryl methyl sites for hydroxylation is 1. The lowest BCUT2D eigenvalue weighted by Crippen LogP contribution is -2.48. The molecule has 1 aliphatic heterocycles. The third kappa shape index (κ3) is 3.14. The number of nitrogens with zero attached hydrogens (tertiary/aromatic N) is 1. The van der Waals surface area contributed by atoms with Crippen molar-refractivity contribution in [3.05, 3.63) is 53.6 Å². The smallest absolute Gasteiger partial charge is 0.268 e. The highest BCUT2D eigenvalue weighted by atomic mass is 16.5. The van der Waals surface area contributed by atoms with Gasteiger partial charge in [-0.15, -0.1) is 0 Å². The molecule has 0 aromatic heterocycles. The zero-order valence-electron chi connectivity index (χ0n) is 12.9. The van der Waals surface area contributed by atoms with Gasteiger partial charge >= 0.3 is 0 Å². The van der Waals surface area contributed by atoms with E-state index in [1.165, 1.54) is 17.0 Å². The zero-order chi connectivity index (χ0) is 16.4. The van der Waals surface area contributed by atoms with Crippen LogP contribution in [0.25, 0.3) is 0 Å². The van der Waals surface area contributed by atoms with E-state index in [0.29, 0.717) is 17.9 Å². The third-order valence-electron chi connectivity index (χ3n) is 3.87. The molecule has 5 heteroatoms. The van der Waals surface area contributed by atoms with Crippen molar-refractivity contribution in [3.8, 4) is 11.5 Å². The zero-order valence-corrected chi connectivity index (χ0v) is 12.9. The first-order chi connectivity index (χ1) is 11.1. The fraction of sp³-hybridized carbons (Fsp3) is 0.278. The molecule has 0 aliphatic carbocycles. The normalized spacial score (nSPS) is 16.9. The summed E-state index contributed by atoms with van der Waals surface area (Å²) in [4.78, 5) is 14.2. The van der Waals surface area contributed by atoms with Crippen molar-refractivity contribution in [2.45, 2.75) is 19.4 Å². The van der Waals surface area contributed by atoms with Crippen molar-refractivity contribution in [1.82, 2.24) is 0 Å². The quantitative estimate of drug-likeness (QED) is 0.906. The Labute approximate surface area is 134 Å². The van der Waals surface area contributed by atoms with Gasteiger partial charge in [0.15, 0.2) is 6.10 Å². The van der Waals surface area contributed by atoms with Gasteiger partial charge in [-0.2, -0.15) is 0 Å². The lowest BCUT2D eigenvalue weighted by Gasteiger charge is -2.34. The van der Waals surface area contributed by atoms with Crippen LogP contribution in [0.1, 0.15) is 11.1 Å². The Kier molecular flexibility index (Phi) is 4.21. The number of fused-ring (bicyclic) bond motifs is 1. The lowest BCUT2D eigenvalue weighted by molar-refractivity contribution is -0.126. The highest BCUT2D eigenvalue weighted by Gasteiger charge is 2.34. The van der Waals surface area contributed by atoms with Crippen LogP contribution in [0.5, 0.6) is 11.5 Å². The van der Waals surface area contributed by atoms with E-state index in [2.05, 4.69) is 0 Å². The summed E-state index contributed by atoms with van der Waals surface area (Å²) >= 11 is 0. The molecule has 2 aromatic carbocycles. The number of carbonyl (C=O) groups excluding carboxylic acids is 1. The minimum absolute atomic E-state index is 0.0800. The number of β-amino-alcohol motifs (C(OH)–C–C–N with tert-alkyl or cyclic N) is 1. The van der Waals surface area contributed by atoms with Crippen molar-refractivity contribution in [1.29, 1.82) is 0 Å². The molecule has 3 rings (SSSR count). The Morgan fingerprint density at radius 3 is 2.78 bits per heavy atom. The molecular weight excluding hydrogens is 294 g/mol. The first-order valence-electron chi connectivity index (χ1n) is 7.56. The standard InChI is InChI=1S/C18H19NO4/c1-12-3-2-4-13(9-12)10-17-18(22)19(7-8-20)15-6-5-14(21)11-16(15)23-17/h2-6,9,11,17,20-21H,7-8,10H2,1H3. The number of aliphatic hydroxyl groups excluding tert-OH is 1. The van der Waals surface area contributed by atoms with Crippen molar-refractivity contribution in [2.75, 3.05) is 18.1 Å². The van der Waals surface area contributed by atoms with Gasteiger partial charge in [-0.25, -0.2) is 0 Å². The number of phenols is 1. The Balaban J connectivity index is 1.91. The third-order valence-corrected chi connectivity index (χ3v) is 3.87. The number of aliphatic hydroxyl groups is 1. The fourth-order valence-electron chi connectivity index (χ4n) is 2.83. The van der Waals surface area contributed by atoms with E-state index in [0.717, 1.165) is 11.1 Å². The van der Waals surface area contributed by atoms with Gasteiger partial charge in [-0.3, -0.25) is 4.79 Å². The predicted octanol–water partition coefficient (Wildman–Crippen LogP) is 2.03. The summed E-state index contributed by atoms with van der Waals surface area (Å²) < 4.78 is 5.81. The first-order valence-corrected chi connectivity index (χ1v) is 7.56. The molecule has 0 radical (unpaired) electrons. The van der Waals surface area contributed by atoms with E-state index in [1.807, 2.05) is 31.2 Å². The number of aromatic hydroxyl groups is 1. The number of anilines is 1. The van der Waals surface area contributed by atoms with Crippen LogP contribution in [0.2, 0.25) is 0 Å². The van der Waals surface area contributed by atoms with Crippen LogP contribution >= 0.6 is 0 Å². The number of rotatable bonds is 4. The van der Waals surface area contributed by atoms with Gasteiger partial charge in [0.1, 0.15) is 11.5 Å². The SMILES string of the molecule is Cc1cccc(CC2Oc3cc(O)ccc3N(CCO)C2=O)c1. The van der Waals surface area contributed by atoms with E-state index in [4.69, 9.17) is 4.74 Å². The van der Waals surface area contributed by atoms with Gasteiger partial charge in [0, 0.05) is 19.0 Å². The molecule has 2 N–H and O–H groups in total. The van der Waals surface area contributed by atoms with Gasteiger partial charge < -0.3 is 19.8 Å². The maximum atomic E-state index is 12.7. The maximum Gasteiger partial charge on any atom is 0.268 e. The van der Waals surface area contributed by atoms with Gasteiger partial charge in [-0.1, -0.05) is 29.8 Å². The summed E-state index contributed by atoms with van der Waals surface area (Å²) in [6.45, 7) is 2.06. The molecule has 120 valence electrons. The average Bonchev–Trinajstić information content (AvgIpc) is 2.51. The van der Waals surface area contributed by atoms with E-state index < -0.39 is 6.10 Å². The Morgan fingerprint density at radius 2 is 2.04 bits per heavy atom. The van der Waals surface area contributed by atoms with Crippen molar-refractivity contribution >= 4 is 11.6 Å². The van der Waals surface area contributed by atoms with Crippen LogP contribution < -0.4 is 9.64 Å². The van der Waals surface area contributed by atoms with Gasteiger partial charge in [0.2, 0.25) is 0 Å². The first kappa shape index (κ1) is 15.4. The van der Waals surface area contributed by atoms with Crippen LogP contribution in [0.3, 0.4) is 0 Å². The van der Waals surface area contributed by atoms with Crippen molar-refractivity contribution in [3.63, 3.8) is 0 Å². The van der Waals surface area contributed by atoms with E-state index in [1.54, 1.807) is 6.07 Å². The van der Waals surface area contributed by atoms with Gasteiger partial charge in [-0.05, 0) is 24.6 Å². The van der Waals surface area contributed by atoms with Crippen LogP contribution in [-0.4, -0.2) is 35.4 Å². The summed E-state index contributed by atoms with van der Waals surface area (Å²) in [5, 5.41) is 18.9. The predicted molar refractivity (Wildman–Crippen MR) is 86.8 cm³/mol. The monoisotopic (exact) mass is 313 g/mol. The molecule has 0 saturated heterocycles. The highest BCUT2D eigenvalue weighted by Crippen LogP contribution is 2.37. The van der Waals surface area contributed by atoms with Crippen LogP contribution in [0, 0.1) is 6.92 Å². The minimum Gasteiger partial charge on any atom is -0.508 e. The molecule has 1 aliphatic rings. The summed E-state index contributed by atoms with van der Waals surface area (Å²) in [5.74, 6) is 0.353. The molecule has 2 aromatic rings. The average molecular weight is 313 g/mol. The van der Waals surface area contributed by atoms with E-state index in [9.17, 15) is 15.0 Å². The molecule has 1 heterocycles. The molecule has 0 bridgehead atoms. The molecule has 1 unspecified atom stereocenters. The molecule has 0 spiro atoms. The second-order valence-electron chi connectivity index (χ2n) is 5.67. The number of ether oxygens (including phenoxy) is 1. The number of amides is 1. The molecule has 0 fully saturated rings. The molecular formula is C18H19NO4. The van der Waals surface area contributed by atoms with Crippen LogP contribution in [-0.2, 0) is 11.2 Å². The second-order valence-corrected chi connectivity index (χ2v) is 5.67. The summed E-state index contributed by atoms with van der Waals surface area (Å²) in [5.41, 5.74) is 2.70. The number of phenolic OH excluding ortho intramolecular Hbond substituents is 1.